The maximum atomic E-state index is 13.0. The summed E-state index contributed by atoms with van der Waals surface area (Å²) in [6.45, 7) is 5.57. The molecule has 0 aromatic heterocycles. The van der Waals surface area contributed by atoms with E-state index in [0.29, 0.717) is 18.0 Å². The number of thioether (sulfide) groups is 1. The fourth-order valence-electron chi connectivity index (χ4n) is 2.70. The van der Waals surface area contributed by atoms with Crippen molar-refractivity contribution >= 4 is 28.8 Å². The number of hydrogen-bond donors (Lipinski definition) is 1. The van der Waals surface area contributed by atoms with Gasteiger partial charge in [0.15, 0.2) is 5.17 Å². The largest absolute Gasteiger partial charge is 0.469 e. The van der Waals surface area contributed by atoms with E-state index in [2.05, 4.69) is 5.10 Å². The molecule has 1 amide bonds. The summed E-state index contributed by atoms with van der Waals surface area (Å²) in [6.07, 6.45) is 1.39. The zero-order valence-corrected chi connectivity index (χ0v) is 15.9. The van der Waals surface area contributed by atoms with Crippen molar-refractivity contribution in [2.75, 3.05) is 7.11 Å². The smallest absolute Gasteiger partial charge is 0.305 e. The molecule has 1 aliphatic rings. The van der Waals surface area contributed by atoms with Crippen molar-refractivity contribution in [3.8, 4) is 0 Å². The van der Waals surface area contributed by atoms with Gasteiger partial charge in [-0.25, -0.2) is 5.01 Å². The van der Waals surface area contributed by atoms with Crippen molar-refractivity contribution in [3.63, 3.8) is 0 Å². The first-order valence-corrected chi connectivity index (χ1v) is 9.02. The van der Waals surface area contributed by atoms with Crippen LogP contribution in [0.4, 0.5) is 0 Å². The maximum absolute atomic E-state index is 13.0. The number of amides is 1. The van der Waals surface area contributed by atoms with Crippen LogP contribution in [0.1, 0.15) is 45.6 Å². The zero-order valence-electron chi connectivity index (χ0n) is 15.1. The van der Waals surface area contributed by atoms with Gasteiger partial charge in [-0.3, -0.25) is 9.59 Å². The minimum Gasteiger partial charge on any atom is -0.469 e. The fourth-order valence-corrected chi connectivity index (χ4v) is 3.88. The Morgan fingerprint density at radius 1 is 1.28 bits per heavy atom. The summed E-state index contributed by atoms with van der Waals surface area (Å²) in [5, 5.41) is 6.17. The standard InChI is InChI=1S/C18H25N3O3S/c1-17(2,3)15(23)21-18(25-16(19)20-21,12-8-11-14(22)24-4)13-9-6-5-7-10-13/h5-7,9-10H,8,11-12H2,1-4H3,(H2,19,20). The second-order valence-electron chi connectivity index (χ2n) is 6.99. The van der Waals surface area contributed by atoms with E-state index in [1.807, 2.05) is 51.1 Å². The van der Waals surface area contributed by atoms with Crippen molar-refractivity contribution in [2.45, 2.75) is 44.9 Å². The Hall–Kier alpha value is -2.02. The lowest BCUT2D eigenvalue weighted by atomic mass is 9.92. The lowest BCUT2D eigenvalue weighted by molar-refractivity contribution is -0.143. The molecule has 1 aromatic carbocycles. The van der Waals surface area contributed by atoms with E-state index in [1.165, 1.54) is 23.9 Å². The fraction of sp³-hybridized carbons (Fsp3) is 0.500. The van der Waals surface area contributed by atoms with Gasteiger partial charge in [0, 0.05) is 11.8 Å². The molecule has 1 aliphatic heterocycles. The van der Waals surface area contributed by atoms with Crippen LogP contribution in [0.3, 0.4) is 0 Å². The van der Waals surface area contributed by atoms with E-state index in [-0.39, 0.29) is 18.3 Å². The number of rotatable bonds is 5. The average molecular weight is 363 g/mol. The third-order valence-corrected chi connectivity index (χ3v) is 5.24. The van der Waals surface area contributed by atoms with E-state index < -0.39 is 10.3 Å². The number of nitrogens with two attached hydrogens (primary N) is 1. The minimum absolute atomic E-state index is 0.109. The number of hydrazone groups is 1. The van der Waals surface area contributed by atoms with Crippen LogP contribution < -0.4 is 5.73 Å². The first-order valence-electron chi connectivity index (χ1n) is 8.21. The number of benzene rings is 1. The summed E-state index contributed by atoms with van der Waals surface area (Å²) in [6, 6.07) is 9.69. The van der Waals surface area contributed by atoms with E-state index >= 15 is 0 Å². The highest BCUT2D eigenvalue weighted by Crippen LogP contribution is 2.49. The van der Waals surface area contributed by atoms with E-state index in [1.54, 1.807) is 0 Å². The van der Waals surface area contributed by atoms with Crippen LogP contribution in [0, 0.1) is 5.41 Å². The van der Waals surface area contributed by atoms with Crippen LogP contribution >= 0.6 is 11.8 Å². The zero-order chi connectivity index (χ0) is 18.7. The van der Waals surface area contributed by atoms with Crippen LogP contribution in [-0.2, 0) is 19.2 Å². The SMILES string of the molecule is COC(=O)CCCC1(c2ccccc2)SC(N)=NN1C(=O)C(C)(C)C. The number of nitrogens with zero attached hydrogens (tertiary/aromatic N) is 2. The summed E-state index contributed by atoms with van der Waals surface area (Å²) in [7, 11) is 1.37. The van der Waals surface area contributed by atoms with E-state index in [4.69, 9.17) is 10.5 Å². The number of carbonyl (C=O) groups is 2. The molecule has 2 N–H and O–H groups in total. The van der Waals surface area contributed by atoms with Gasteiger partial charge in [-0.05, 0) is 18.4 Å². The molecule has 6 nitrogen and oxygen atoms in total. The first kappa shape index (κ1) is 19.3. The second kappa shape index (κ2) is 7.47. The van der Waals surface area contributed by atoms with Gasteiger partial charge in [-0.15, -0.1) is 5.10 Å². The molecule has 136 valence electrons. The number of esters is 1. The van der Waals surface area contributed by atoms with Crippen LogP contribution in [0.5, 0.6) is 0 Å². The molecule has 2 rings (SSSR count). The second-order valence-corrected chi connectivity index (χ2v) is 8.29. The Morgan fingerprint density at radius 3 is 2.48 bits per heavy atom. The topological polar surface area (TPSA) is 85.0 Å². The average Bonchev–Trinajstić information content (AvgIpc) is 2.91. The molecule has 0 spiro atoms. The van der Waals surface area contributed by atoms with Gasteiger partial charge < -0.3 is 10.5 Å². The molecule has 1 aromatic rings. The van der Waals surface area contributed by atoms with Crippen LogP contribution in [0.25, 0.3) is 0 Å². The highest BCUT2D eigenvalue weighted by Gasteiger charge is 2.49. The van der Waals surface area contributed by atoms with Gasteiger partial charge in [0.2, 0.25) is 5.91 Å². The molecule has 1 atom stereocenters. The molecule has 0 fully saturated rings. The molecule has 0 saturated heterocycles. The third-order valence-electron chi connectivity index (χ3n) is 4.00. The molecule has 7 heteroatoms. The number of amidine groups is 1. The Balaban J connectivity index is 2.40. The molecule has 1 unspecified atom stereocenters. The molecule has 0 radical (unpaired) electrons. The molecular weight excluding hydrogens is 338 g/mol. The summed E-state index contributed by atoms with van der Waals surface area (Å²) in [5.74, 6) is -0.379. The Morgan fingerprint density at radius 2 is 1.92 bits per heavy atom. The van der Waals surface area contributed by atoms with Crippen molar-refractivity contribution in [2.24, 2.45) is 16.3 Å². The molecule has 25 heavy (non-hydrogen) atoms. The van der Waals surface area contributed by atoms with E-state index in [0.717, 1.165) is 5.56 Å². The lowest BCUT2D eigenvalue weighted by Crippen LogP contribution is -2.46. The van der Waals surface area contributed by atoms with Crippen molar-refractivity contribution in [3.05, 3.63) is 35.9 Å². The number of carbonyl (C=O) groups excluding carboxylic acids is 2. The third kappa shape index (κ3) is 4.15. The van der Waals surface area contributed by atoms with Crippen LogP contribution in [-0.4, -0.2) is 29.2 Å². The highest BCUT2D eigenvalue weighted by molar-refractivity contribution is 8.14. The van der Waals surface area contributed by atoms with Crippen molar-refractivity contribution in [1.29, 1.82) is 0 Å². The van der Waals surface area contributed by atoms with Gasteiger partial charge in [0.1, 0.15) is 4.87 Å². The predicted octanol–water partition coefficient (Wildman–Crippen LogP) is 3.03. The predicted molar refractivity (Wildman–Crippen MR) is 99.5 cm³/mol. The molecular formula is C18H25N3O3S. The molecule has 0 aliphatic carbocycles. The highest BCUT2D eigenvalue weighted by atomic mass is 32.2. The van der Waals surface area contributed by atoms with Gasteiger partial charge in [-0.2, -0.15) is 0 Å². The van der Waals surface area contributed by atoms with E-state index in [9.17, 15) is 9.59 Å². The van der Waals surface area contributed by atoms with Crippen LogP contribution in [0.15, 0.2) is 35.4 Å². The van der Waals surface area contributed by atoms with Crippen molar-refractivity contribution < 1.29 is 14.3 Å². The lowest BCUT2D eigenvalue weighted by Gasteiger charge is -2.38. The maximum Gasteiger partial charge on any atom is 0.305 e. The summed E-state index contributed by atoms with van der Waals surface area (Å²) < 4.78 is 4.72. The quantitative estimate of drug-likeness (QED) is 0.813. The van der Waals surface area contributed by atoms with Crippen LogP contribution in [0.2, 0.25) is 0 Å². The van der Waals surface area contributed by atoms with Gasteiger partial charge in [-0.1, -0.05) is 62.9 Å². The number of methoxy groups -OCH3 is 1. The summed E-state index contributed by atoms with van der Waals surface area (Å²) in [4.78, 5) is 23.8. The molecule has 0 bridgehead atoms. The van der Waals surface area contributed by atoms with Crippen molar-refractivity contribution in [1.82, 2.24) is 5.01 Å². The Bertz CT molecular complexity index is 670. The van der Waals surface area contributed by atoms with Gasteiger partial charge >= 0.3 is 5.97 Å². The Labute approximate surface area is 152 Å². The molecule has 0 saturated carbocycles. The number of hydrogen-bond acceptors (Lipinski definition) is 6. The monoisotopic (exact) mass is 363 g/mol. The van der Waals surface area contributed by atoms with Gasteiger partial charge in [0.05, 0.1) is 7.11 Å². The Kier molecular flexibility index (Phi) is 5.77. The first-order chi connectivity index (χ1) is 11.7. The number of ether oxygens (including phenoxy) is 1. The summed E-state index contributed by atoms with van der Waals surface area (Å²) >= 11 is 1.36. The summed E-state index contributed by atoms with van der Waals surface area (Å²) in [5.41, 5.74) is 6.34. The normalized spacial score (nSPS) is 20.3. The van der Waals surface area contributed by atoms with Gasteiger partial charge in [0.25, 0.3) is 0 Å². The molecule has 1 heterocycles. The minimum atomic E-state index is -0.746.